The lowest BCUT2D eigenvalue weighted by molar-refractivity contribution is 0.0723. The number of halogens is 4. The highest BCUT2D eigenvalue weighted by molar-refractivity contribution is 5.93. The van der Waals surface area contributed by atoms with Crippen LogP contribution in [0.25, 0.3) is 11.1 Å². The zero-order valence-electron chi connectivity index (χ0n) is 21.1. The van der Waals surface area contributed by atoms with E-state index in [4.69, 9.17) is 0 Å². The number of fused-ring (bicyclic) bond motifs is 1. The number of aromatic nitrogens is 5. The number of alkyl halides is 2. The first-order chi connectivity index (χ1) is 18.9. The SMILES string of the molecule is Cn1c(C(=O)N(CCF)CCF)cc2c1CN(c1ncc(F)c(Nc3ccc(-c4cn[nH]c4)cc3F)n1)CC2. The molecule has 0 atom stereocenters. The summed E-state index contributed by atoms with van der Waals surface area (Å²) in [6.45, 7) is -1.08. The molecule has 3 aromatic heterocycles. The van der Waals surface area contributed by atoms with Crippen LogP contribution in [0, 0.1) is 11.6 Å². The third-order valence-electron chi connectivity index (χ3n) is 6.72. The van der Waals surface area contributed by atoms with Gasteiger partial charge in [-0.25, -0.2) is 22.5 Å². The molecule has 0 fully saturated rings. The molecular weight excluding hydrogens is 516 g/mol. The number of carbonyl (C=O) groups is 1. The smallest absolute Gasteiger partial charge is 0.270 e. The maximum absolute atomic E-state index is 14.8. The van der Waals surface area contributed by atoms with Crippen molar-refractivity contribution in [2.75, 3.05) is 43.2 Å². The second-order valence-electron chi connectivity index (χ2n) is 9.08. The lowest BCUT2D eigenvalue weighted by Gasteiger charge is -2.28. The zero-order valence-corrected chi connectivity index (χ0v) is 21.1. The lowest BCUT2D eigenvalue weighted by Crippen LogP contribution is -2.36. The van der Waals surface area contributed by atoms with E-state index < -0.39 is 30.9 Å². The molecule has 4 aromatic rings. The monoisotopic (exact) mass is 542 g/mol. The molecule has 2 N–H and O–H groups in total. The van der Waals surface area contributed by atoms with E-state index in [0.29, 0.717) is 36.3 Å². The summed E-state index contributed by atoms with van der Waals surface area (Å²) in [5, 5.41) is 9.24. The molecule has 0 saturated heterocycles. The average Bonchev–Trinajstić information content (AvgIpc) is 3.59. The van der Waals surface area contributed by atoms with Gasteiger partial charge in [-0.2, -0.15) is 10.1 Å². The van der Waals surface area contributed by atoms with Gasteiger partial charge in [-0.3, -0.25) is 9.89 Å². The Morgan fingerprint density at radius 3 is 2.59 bits per heavy atom. The van der Waals surface area contributed by atoms with Gasteiger partial charge in [0.1, 0.15) is 24.9 Å². The zero-order chi connectivity index (χ0) is 27.5. The van der Waals surface area contributed by atoms with Crippen LogP contribution < -0.4 is 10.2 Å². The van der Waals surface area contributed by atoms with Gasteiger partial charge in [-0.1, -0.05) is 6.07 Å². The number of nitrogens with one attached hydrogen (secondary N) is 2. The molecule has 204 valence electrons. The van der Waals surface area contributed by atoms with E-state index in [1.54, 1.807) is 36.1 Å². The fourth-order valence-corrected chi connectivity index (χ4v) is 4.63. The summed E-state index contributed by atoms with van der Waals surface area (Å²) >= 11 is 0. The molecule has 5 rings (SSSR count). The van der Waals surface area contributed by atoms with Gasteiger partial charge in [-0.15, -0.1) is 0 Å². The fraction of sp³-hybridized carbons (Fsp3) is 0.308. The number of amides is 1. The van der Waals surface area contributed by atoms with Gasteiger partial charge in [0.05, 0.1) is 24.6 Å². The maximum Gasteiger partial charge on any atom is 0.270 e. The van der Waals surface area contributed by atoms with E-state index in [0.717, 1.165) is 22.4 Å². The van der Waals surface area contributed by atoms with Crippen molar-refractivity contribution in [3.8, 4) is 11.1 Å². The summed E-state index contributed by atoms with van der Waals surface area (Å²) < 4.78 is 56.9. The topological polar surface area (TPSA) is 95.0 Å². The summed E-state index contributed by atoms with van der Waals surface area (Å²) in [6.07, 6.45) is 4.77. The molecule has 0 aliphatic carbocycles. The van der Waals surface area contributed by atoms with Crippen molar-refractivity contribution in [1.29, 1.82) is 0 Å². The normalized spacial score (nSPS) is 12.9. The molecule has 1 aliphatic heterocycles. The van der Waals surface area contributed by atoms with E-state index in [-0.39, 0.29) is 30.5 Å². The third-order valence-corrected chi connectivity index (χ3v) is 6.72. The predicted molar refractivity (Wildman–Crippen MR) is 137 cm³/mol. The van der Waals surface area contributed by atoms with Crippen LogP contribution in [-0.4, -0.2) is 68.5 Å². The molecular formula is C26H26F4N8O. The molecule has 1 amide bonds. The Morgan fingerprint density at radius 2 is 1.90 bits per heavy atom. The van der Waals surface area contributed by atoms with Crippen molar-refractivity contribution in [3.63, 3.8) is 0 Å². The van der Waals surface area contributed by atoms with Crippen LogP contribution in [-0.2, 0) is 20.0 Å². The number of anilines is 3. The molecule has 0 unspecified atom stereocenters. The number of carbonyl (C=O) groups excluding carboxylic acids is 1. The average molecular weight is 543 g/mol. The second-order valence-corrected chi connectivity index (χ2v) is 9.08. The first kappa shape index (κ1) is 26.2. The van der Waals surface area contributed by atoms with Crippen LogP contribution in [0.3, 0.4) is 0 Å². The van der Waals surface area contributed by atoms with Crippen molar-refractivity contribution in [3.05, 3.63) is 71.4 Å². The molecule has 1 aromatic carbocycles. The number of nitrogens with zero attached hydrogens (tertiary/aromatic N) is 6. The van der Waals surface area contributed by atoms with Crippen LogP contribution in [0.1, 0.15) is 21.7 Å². The molecule has 0 bridgehead atoms. The number of benzene rings is 1. The van der Waals surface area contributed by atoms with Crippen molar-refractivity contribution >= 4 is 23.4 Å². The Hall–Kier alpha value is -4.42. The first-order valence-corrected chi connectivity index (χ1v) is 12.3. The quantitative estimate of drug-likeness (QED) is 0.309. The molecule has 0 radical (unpaired) electrons. The molecule has 0 spiro atoms. The number of rotatable bonds is 9. The fourth-order valence-electron chi connectivity index (χ4n) is 4.63. The number of H-pyrrole nitrogens is 1. The molecule has 9 nitrogen and oxygen atoms in total. The summed E-state index contributed by atoms with van der Waals surface area (Å²) in [4.78, 5) is 24.3. The van der Waals surface area contributed by atoms with E-state index in [2.05, 4.69) is 25.5 Å². The third kappa shape index (κ3) is 5.29. The van der Waals surface area contributed by atoms with Crippen LogP contribution in [0.2, 0.25) is 0 Å². The Balaban J connectivity index is 1.35. The van der Waals surface area contributed by atoms with Crippen molar-refractivity contribution in [1.82, 2.24) is 29.6 Å². The van der Waals surface area contributed by atoms with E-state index >= 15 is 0 Å². The van der Waals surface area contributed by atoms with Crippen molar-refractivity contribution in [2.24, 2.45) is 7.05 Å². The Bertz CT molecular complexity index is 1470. The molecule has 4 heterocycles. The number of aromatic amines is 1. The summed E-state index contributed by atoms with van der Waals surface area (Å²) in [5.41, 5.74) is 3.44. The minimum absolute atomic E-state index is 0.0448. The minimum atomic E-state index is -0.764. The second kappa shape index (κ2) is 11.1. The highest BCUT2D eigenvalue weighted by atomic mass is 19.1. The van der Waals surface area contributed by atoms with Gasteiger partial charge in [-0.05, 0) is 35.7 Å². The highest BCUT2D eigenvalue weighted by Gasteiger charge is 2.27. The van der Waals surface area contributed by atoms with Gasteiger partial charge in [0.25, 0.3) is 5.91 Å². The first-order valence-electron chi connectivity index (χ1n) is 12.3. The highest BCUT2D eigenvalue weighted by Crippen LogP contribution is 2.29. The predicted octanol–water partition coefficient (Wildman–Crippen LogP) is 4.17. The van der Waals surface area contributed by atoms with Crippen LogP contribution >= 0.6 is 0 Å². The summed E-state index contributed by atoms with van der Waals surface area (Å²) in [7, 11) is 1.72. The molecule has 1 aliphatic rings. The molecule has 0 saturated carbocycles. The van der Waals surface area contributed by atoms with E-state index in [9.17, 15) is 22.4 Å². The van der Waals surface area contributed by atoms with Crippen molar-refractivity contribution in [2.45, 2.75) is 13.0 Å². The maximum atomic E-state index is 14.8. The largest absolute Gasteiger partial charge is 0.342 e. The number of hydrogen-bond acceptors (Lipinski definition) is 6. The Kier molecular flexibility index (Phi) is 7.48. The molecule has 39 heavy (non-hydrogen) atoms. The minimum Gasteiger partial charge on any atom is -0.342 e. The summed E-state index contributed by atoms with van der Waals surface area (Å²) in [6, 6.07) is 6.23. The lowest BCUT2D eigenvalue weighted by atomic mass is 10.1. The van der Waals surface area contributed by atoms with Gasteiger partial charge < -0.3 is 19.7 Å². The van der Waals surface area contributed by atoms with Crippen molar-refractivity contribution < 1.29 is 22.4 Å². The Labute approximate surface area is 221 Å². The number of hydrogen-bond donors (Lipinski definition) is 2. The van der Waals surface area contributed by atoms with Gasteiger partial charge in [0.2, 0.25) is 5.95 Å². The van der Waals surface area contributed by atoms with Gasteiger partial charge in [0, 0.05) is 44.1 Å². The van der Waals surface area contributed by atoms with Crippen LogP contribution in [0.5, 0.6) is 0 Å². The van der Waals surface area contributed by atoms with Gasteiger partial charge >= 0.3 is 0 Å². The van der Waals surface area contributed by atoms with E-state index in [1.807, 2.05) is 4.90 Å². The van der Waals surface area contributed by atoms with E-state index in [1.165, 1.54) is 12.1 Å². The van der Waals surface area contributed by atoms with Crippen LogP contribution in [0.15, 0.2) is 42.9 Å². The Morgan fingerprint density at radius 1 is 1.10 bits per heavy atom. The standard InChI is InChI=1S/C26H26F4N8O/c1-36-22(25(39)37(8-5-27)9-6-28)11-17-4-7-38(15-23(17)36)26-31-14-20(30)24(35-26)34-21-3-2-16(10-19(21)29)18-12-32-33-13-18/h2-3,10-14H,4-9,15H2,1H3,(H,32,33)(H,31,34,35). The summed E-state index contributed by atoms with van der Waals surface area (Å²) in [5.74, 6) is -1.74. The van der Waals surface area contributed by atoms with Crippen LogP contribution in [0.4, 0.5) is 35.0 Å². The van der Waals surface area contributed by atoms with Gasteiger partial charge in [0.15, 0.2) is 11.6 Å². The molecule has 13 heteroatoms.